The van der Waals surface area contributed by atoms with Crippen molar-refractivity contribution in [2.75, 3.05) is 13.6 Å². The summed E-state index contributed by atoms with van der Waals surface area (Å²) in [5.74, 6) is -0.343. The summed E-state index contributed by atoms with van der Waals surface area (Å²) in [6.07, 6.45) is 1.75. The highest BCUT2D eigenvalue weighted by Crippen LogP contribution is 2.41. The molecule has 1 amide bonds. The van der Waals surface area contributed by atoms with Gasteiger partial charge in [0, 0.05) is 7.05 Å². The first-order valence-corrected chi connectivity index (χ1v) is 10.9. The predicted molar refractivity (Wildman–Crippen MR) is 111 cm³/mol. The lowest BCUT2D eigenvalue weighted by Crippen LogP contribution is -2.41. The summed E-state index contributed by atoms with van der Waals surface area (Å²) in [5, 5.41) is 11.9. The van der Waals surface area contributed by atoms with Crippen LogP contribution in [0.3, 0.4) is 0 Å². The van der Waals surface area contributed by atoms with Crippen LogP contribution in [0.2, 0.25) is 0 Å². The Kier molecular flexibility index (Phi) is 5.78. The summed E-state index contributed by atoms with van der Waals surface area (Å²) < 4.78 is 26.4. The number of fused-ring (bicyclic) bond motifs is 1. The largest absolute Gasteiger partial charge is 0.348 e. The van der Waals surface area contributed by atoms with Gasteiger partial charge in [0.2, 0.25) is 15.9 Å². The molecule has 6 nitrogen and oxygen atoms in total. The van der Waals surface area contributed by atoms with E-state index in [1.165, 1.54) is 36.9 Å². The van der Waals surface area contributed by atoms with Crippen LogP contribution >= 0.6 is 0 Å². The van der Waals surface area contributed by atoms with Crippen LogP contribution in [0.15, 0.2) is 53.4 Å². The molecule has 152 valence electrons. The Balaban J connectivity index is 1.71. The van der Waals surface area contributed by atoms with Crippen LogP contribution in [0.5, 0.6) is 0 Å². The summed E-state index contributed by atoms with van der Waals surface area (Å²) in [6, 6.07) is 15.6. The second-order valence-electron chi connectivity index (χ2n) is 8.03. The number of nitrogens with one attached hydrogen (secondary N) is 1. The van der Waals surface area contributed by atoms with Crippen LogP contribution in [0.25, 0.3) is 0 Å². The Labute approximate surface area is 172 Å². The maximum atomic E-state index is 12.7. The highest BCUT2D eigenvalue weighted by atomic mass is 32.2. The molecule has 0 aliphatic heterocycles. The number of hydrogen-bond acceptors (Lipinski definition) is 4. The van der Waals surface area contributed by atoms with Crippen molar-refractivity contribution in [1.29, 1.82) is 5.26 Å². The van der Waals surface area contributed by atoms with Crippen molar-refractivity contribution >= 4 is 15.9 Å². The van der Waals surface area contributed by atoms with E-state index in [1.54, 1.807) is 0 Å². The van der Waals surface area contributed by atoms with Gasteiger partial charge in [0.25, 0.3) is 0 Å². The average molecular weight is 412 g/mol. The summed E-state index contributed by atoms with van der Waals surface area (Å²) >= 11 is 0. The molecule has 0 spiro atoms. The zero-order chi connectivity index (χ0) is 21.2. The van der Waals surface area contributed by atoms with Gasteiger partial charge in [0.15, 0.2) is 0 Å². The van der Waals surface area contributed by atoms with Crippen LogP contribution in [-0.2, 0) is 20.2 Å². The van der Waals surface area contributed by atoms with Crippen molar-refractivity contribution in [2.45, 2.75) is 43.0 Å². The van der Waals surface area contributed by atoms with Crippen molar-refractivity contribution in [2.24, 2.45) is 0 Å². The van der Waals surface area contributed by atoms with E-state index >= 15 is 0 Å². The molecule has 29 heavy (non-hydrogen) atoms. The fourth-order valence-corrected chi connectivity index (χ4v) is 4.90. The predicted octanol–water partition coefficient (Wildman–Crippen LogP) is 3.11. The summed E-state index contributed by atoms with van der Waals surface area (Å²) in [4.78, 5) is 12.7. The molecule has 0 bridgehead atoms. The zero-order valence-electron chi connectivity index (χ0n) is 16.8. The molecule has 0 saturated heterocycles. The van der Waals surface area contributed by atoms with E-state index in [4.69, 9.17) is 5.26 Å². The molecular formula is C22H25N3O3S. The number of rotatable bonds is 5. The molecule has 2 aromatic rings. The molecule has 0 saturated carbocycles. The molecular weight excluding hydrogens is 386 g/mol. The highest BCUT2D eigenvalue weighted by molar-refractivity contribution is 7.89. The number of benzene rings is 2. The zero-order valence-corrected chi connectivity index (χ0v) is 17.7. The van der Waals surface area contributed by atoms with E-state index in [1.807, 2.05) is 24.3 Å². The average Bonchev–Trinajstić information content (AvgIpc) is 2.70. The van der Waals surface area contributed by atoms with Gasteiger partial charge in [-0.25, -0.2) is 8.42 Å². The number of carbonyl (C=O) groups is 1. The van der Waals surface area contributed by atoms with Crippen LogP contribution < -0.4 is 5.32 Å². The number of sulfonamides is 1. The Morgan fingerprint density at radius 2 is 1.86 bits per heavy atom. The van der Waals surface area contributed by atoms with Gasteiger partial charge in [-0.3, -0.25) is 4.79 Å². The summed E-state index contributed by atoms with van der Waals surface area (Å²) in [5.41, 5.74) is 2.74. The second kappa shape index (κ2) is 7.97. The molecule has 7 heteroatoms. The topological polar surface area (TPSA) is 90.3 Å². The lowest BCUT2D eigenvalue weighted by molar-refractivity contribution is -0.122. The SMILES string of the molecule is CN(CC(=O)NC1CCC(C)(C)c2ccccc21)S(=O)(=O)c1ccc(C#N)cc1. The molecule has 1 unspecified atom stereocenters. The molecule has 1 atom stereocenters. The summed E-state index contributed by atoms with van der Waals surface area (Å²) in [7, 11) is -2.44. The van der Waals surface area contributed by atoms with E-state index in [9.17, 15) is 13.2 Å². The van der Waals surface area contributed by atoms with E-state index < -0.39 is 10.0 Å². The number of carbonyl (C=O) groups excluding carboxylic acids is 1. The number of nitriles is 1. The molecule has 1 aliphatic rings. The lowest BCUT2D eigenvalue weighted by atomic mass is 9.71. The smallest absolute Gasteiger partial charge is 0.243 e. The van der Waals surface area contributed by atoms with Gasteiger partial charge in [-0.15, -0.1) is 0 Å². The molecule has 0 radical (unpaired) electrons. The van der Waals surface area contributed by atoms with Crippen LogP contribution in [0, 0.1) is 11.3 Å². The minimum Gasteiger partial charge on any atom is -0.348 e. The Hall–Kier alpha value is -2.69. The van der Waals surface area contributed by atoms with Crippen molar-refractivity contribution in [3.05, 3.63) is 65.2 Å². The molecule has 1 N–H and O–H groups in total. The van der Waals surface area contributed by atoms with E-state index in [-0.39, 0.29) is 28.8 Å². The Bertz CT molecular complexity index is 1050. The van der Waals surface area contributed by atoms with E-state index in [0.717, 1.165) is 22.7 Å². The maximum Gasteiger partial charge on any atom is 0.243 e. The minimum atomic E-state index is -3.82. The van der Waals surface area contributed by atoms with Gasteiger partial charge in [0.1, 0.15) is 0 Å². The monoisotopic (exact) mass is 411 g/mol. The van der Waals surface area contributed by atoms with Gasteiger partial charge >= 0.3 is 0 Å². The van der Waals surface area contributed by atoms with Crippen molar-refractivity contribution in [3.8, 4) is 6.07 Å². The third kappa shape index (κ3) is 4.34. The molecule has 3 rings (SSSR count). The fourth-order valence-electron chi connectivity index (χ4n) is 3.77. The second-order valence-corrected chi connectivity index (χ2v) is 10.1. The van der Waals surface area contributed by atoms with Gasteiger partial charge in [-0.2, -0.15) is 9.57 Å². The van der Waals surface area contributed by atoms with Crippen molar-refractivity contribution in [3.63, 3.8) is 0 Å². The number of likely N-dealkylation sites (N-methyl/N-ethyl adjacent to an activating group) is 1. The minimum absolute atomic E-state index is 0.0491. The number of amides is 1. The quantitative estimate of drug-likeness (QED) is 0.818. The van der Waals surface area contributed by atoms with Gasteiger partial charge in [-0.1, -0.05) is 38.1 Å². The van der Waals surface area contributed by atoms with E-state index in [2.05, 4.69) is 25.2 Å². The van der Waals surface area contributed by atoms with E-state index in [0.29, 0.717) is 5.56 Å². The first-order valence-electron chi connectivity index (χ1n) is 9.50. The maximum absolute atomic E-state index is 12.7. The first kappa shape index (κ1) is 21.0. The van der Waals surface area contributed by atoms with Crippen LogP contribution in [-0.4, -0.2) is 32.2 Å². The fraction of sp³-hybridized carbons (Fsp3) is 0.364. The number of hydrogen-bond donors (Lipinski definition) is 1. The standard InChI is InChI=1S/C22H25N3O3S/c1-22(2)13-12-20(18-6-4-5-7-19(18)22)24-21(26)15-25(3)29(27,28)17-10-8-16(14-23)9-11-17/h4-11,20H,12-13,15H2,1-3H3,(H,24,26). The Morgan fingerprint density at radius 3 is 2.52 bits per heavy atom. The van der Waals surface area contributed by atoms with Crippen LogP contribution in [0.4, 0.5) is 0 Å². The van der Waals surface area contributed by atoms with Gasteiger partial charge in [-0.05, 0) is 53.6 Å². The molecule has 0 heterocycles. The normalized spacial score (nSPS) is 18.0. The number of nitrogens with zero attached hydrogens (tertiary/aromatic N) is 2. The highest BCUT2D eigenvalue weighted by Gasteiger charge is 2.33. The first-order chi connectivity index (χ1) is 13.6. The molecule has 0 aromatic heterocycles. The molecule has 0 fully saturated rings. The Morgan fingerprint density at radius 1 is 1.21 bits per heavy atom. The van der Waals surface area contributed by atoms with Crippen molar-refractivity contribution in [1.82, 2.24) is 9.62 Å². The molecule has 2 aromatic carbocycles. The lowest BCUT2D eigenvalue weighted by Gasteiger charge is -2.37. The third-order valence-corrected chi connectivity index (χ3v) is 7.33. The van der Waals surface area contributed by atoms with Gasteiger partial charge < -0.3 is 5.32 Å². The summed E-state index contributed by atoms with van der Waals surface area (Å²) in [6.45, 7) is 4.12. The van der Waals surface area contributed by atoms with Crippen molar-refractivity contribution < 1.29 is 13.2 Å². The van der Waals surface area contributed by atoms with Crippen LogP contribution in [0.1, 0.15) is 49.4 Å². The molecule has 1 aliphatic carbocycles. The van der Waals surface area contributed by atoms with Gasteiger partial charge in [0.05, 0.1) is 29.1 Å². The third-order valence-electron chi connectivity index (χ3n) is 5.52.